The van der Waals surface area contributed by atoms with Crippen LogP contribution in [0.3, 0.4) is 0 Å². The van der Waals surface area contributed by atoms with Crippen molar-refractivity contribution < 1.29 is 18.3 Å². The molecule has 2 aromatic rings. The summed E-state index contributed by atoms with van der Waals surface area (Å²) in [4.78, 5) is 13.0. The zero-order valence-corrected chi connectivity index (χ0v) is 12.7. The summed E-state index contributed by atoms with van der Waals surface area (Å²) in [7, 11) is 0. The lowest BCUT2D eigenvalue weighted by molar-refractivity contribution is -0.121. The van der Waals surface area contributed by atoms with Gasteiger partial charge in [-0.2, -0.15) is 8.78 Å². The van der Waals surface area contributed by atoms with Crippen LogP contribution >= 0.6 is 11.3 Å². The second-order valence-electron chi connectivity index (χ2n) is 4.73. The van der Waals surface area contributed by atoms with Crippen molar-refractivity contribution >= 4 is 17.2 Å². The highest BCUT2D eigenvalue weighted by molar-refractivity contribution is 7.09. The van der Waals surface area contributed by atoms with Gasteiger partial charge in [-0.1, -0.05) is 18.2 Å². The van der Waals surface area contributed by atoms with Crippen molar-refractivity contribution in [3.05, 3.63) is 52.2 Å². The molecule has 118 valence electrons. The molecule has 1 N–H and O–H groups in total. The fraction of sp³-hybridized carbons (Fsp3) is 0.312. The minimum atomic E-state index is -2.83. The van der Waals surface area contributed by atoms with Crippen LogP contribution in [0.5, 0.6) is 5.75 Å². The van der Waals surface area contributed by atoms with E-state index in [4.69, 9.17) is 0 Å². The van der Waals surface area contributed by atoms with Crippen molar-refractivity contribution in [2.45, 2.75) is 32.4 Å². The lowest BCUT2D eigenvalue weighted by Crippen LogP contribution is -2.22. The third-order valence-corrected chi connectivity index (χ3v) is 3.98. The molecule has 0 spiro atoms. The molecule has 1 aromatic carbocycles. The average Bonchev–Trinajstić information content (AvgIpc) is 2.99. The normalized spacial score (nSPS) is 10.7. The zero-order chi connectivity index (χ0) is 15.8. The van der Waals surface area contributed by atoms with Gasteiger partial charge in [-0.25, -0.2) is 0 Å². The highest BCUT2D eigenvalue weighted by Crippen LogP contribution is 2.15. The topological polar surface area (TPSA) is 38.3 Å². The number of hydrogen-bond acceptors (Lipinski definition) is 3. The first-order chi connectivity index (χ1) is 10.6. The number of halogens is 2. The molecular formula is C16H17F2NO2S. The summed E-state index contributed by atoms with van der Waals surface area (Å²) in [5.41, 5.74) is 0.841. The Kier molecular flexibility index (Phi) is 6.33. The van der Waals surface area contributed by atoms with E-state index in [2.05, 4.69) is 16.1 Å². The van der Waals surface area contributed by atoms with Gasteiger partial charge in [-0.3, -0.25) is 4.79 Å². The number of nitrogens with one attached hydrogen (secondary N) is 1. The predicted octanol–water partition coefficient (Wildman–Crippen LogP) is 3.99. The van der Waals surface area contributed by atoms with Crippen LogP contribution < -0.4 is 10.1 Å². The second kappa shape index (κ2) is 8.48. The van der Waals surface area contributed by atoms with Crippen LogP contribution in [-0.2, 0) is 17.8 Å². The molecule has 0 radical (unpaired) electrons. The third-order valence-electron chi connectivity index (χ3n) is 3.05. The van der Waals surface area contributed by atoms with Gasteiger partial charge >= 0.3 is 6.61 Å². The maximum Gasteiger partial charge on any atom is 0.387 e. The van der Waals surface area contributed by atoms with Crippen LogP contribution in [0.15, 0.2) is 41.8 Å². The molecule has 0 bridgehead atoms. The molecule has 0 saturated carbocycles. The zero-order valence-electron chi connectivity index (χ0n) is 11.9. The molecule has 6 heteroatoms. The molecule has 1 amide bonds. The molecule has 22 heavy (non-hydrogen) atoms. The van der Waals surface area contributed by atoms with Gasteiger partial charge in [0, 0.05) is 17.8 Å². The van der Waals surface area contributed by atoms with Crippen molar-refractivity contribution in [2.75, 3.05) is 0 Å². The molecule has 0 atom stereocenters. The van der Waals surface area contributed by atoms with Gasteiger partial charge in [-0.05, 0) is 42.0 Å². The smallest absolute Gasteiger partial charge is 0.387 e. The number of alkyl halides is 2. The fourth-order valence-corrected chi connectivity index (χ4v) is 2.71. The summed E-state index contributed by atoms with van der Waals surface area (Å²) in [6.45, 7) is -2.44. The lowest BCUT2D eigenvalue weighted by atomic mass is 10.2. The lowest BCUT2D eigenvalue weighted by Gasteiger charge is -2.07. The fourth-order valence-electron chi connectivity index (χ4n) is 1.96. The molecule has 0 aliphatic rings. The van der Waals surface area contributed by atoms with E-state index in [9.17, 15) is 13.6 Å². The van der Waals surface area contributed by atoms with E-state index in [0.29, 0.717) is 13.0 Å². The first kappa shape index (κ1) is 16.4. The number of carbonyl (C=O) groups excluding carboxylic acids is 1. The maximum absolute atomic E-state index is 12.0. The Labute approximate surface area is 131 Å². The van der Waals surface area contributed by atoms with E-state index in [1.165, 1.54) is 17.0 Å². The van der Waals surface area contributed by atoms with Crippen LogP contribution in [0.25, 0.3) is 0 Å². The highest BCUT2D eigenvalue weighted by atomic mass is 32.1. The van der Waals surface area contributed by atoms with E-state index < -0.39 is 6.61 Å². The quantitative estimate of drug-likeness (QED) is 0.797. The Morgan fingerprint density at radius 2 is 2.00 bits per heavy atom. The molecule has 0 saturated heterocycles. The summed E-state index contributed by atoms with van der Waals surface area (Å²) in [6, 6.07) is 10.3. The SMILES string of the molecule is O=C(CCCc1cccs1)NCc1ccc(OC(F)F)cc1. The Morgan fingerprint density at radius 3 is 2.64 bits per heavy atom. The maximum atomic E-state index is 12.0. The molecule has 2 rings (SSSR count). The minimum Gasteiger partial charge on any atom is -0.435 e. The molecule has 1 heterocycles. The number of ether oxygens (including phenoxy) is 1. The van der Waals surface area contributed by atoms with Gasteiger partial charge in [0.15, 0.2) is 0 Å². The van der Waals surface area contributed by atoms with Gasteiger partial charge in [0.2, 0.25) is 5.91 Å². The molecular weight excluding hydrogens is 308 g/mol. The van der Waals surface area contributed by atoms with E-state index in [-0.39, 0.29) is 11.7 Å². The number of thiophene rings is 1. The Hall–Kier alpha value is -1.95. The molecule has 1 aromatic heterocycles. The van der Waals surface area contributed by atoms with Gasteiger partial charge in [-0.15, -0.1) is 11.3 Å². The van der Waals surface area contributed by atoms with Crippen LogP contribution in [0.4, 0.5) is 8.78 Å². The van der Waals surface area contributed by atoms with Gasteiger partial charge in [0.1, 0.15) is 5.75 Å². The molecule has 0 aliphatic carbocycles. The minimum absolute atomic E-state index is 0.00976. The number of hydrogen-bond donors (Lipinski definition) is 1. The van der Waals surface area contributed by atoms with Crippen LogP contribution in [-0.4, -0.2) is 12.5 Å². The third kappa shape index (κ3) is 5.81. The second-order valence-corrected chi connectivity index (χ2v) is 5.76. The van der Waals surface area contributed by atoms with Crippen molar-refractivity contribution in [3.8, 4) is 5.75 Å². The number of rotatable bonds is 8. The highest BCUT2D eigenvalue weighted by Gasteiger charge is 2.05. The summed E-state index contributed by atoms with van der Waals surface area (Å²) < 4.78 is 28.3. The van der Waals surface area contributed by atoms with Crippen LogP contribution in [0, 0.1) is 0 Å². The van der Waals surface area contributed by atoms with Crippen LogP contribution in [0.2, 0.25) is 0 Å². The number of benzene rings is 1. The largest absolute Gasteiger partial charge is 0.435 e. The Bertz CT molecular complexity index is 570. The number of carbonyl (C=O) groups is 1. The molecule has 0 aliphatic heterocycles. The first-order valence-electron chi connectivity index (χ1n) is 6.96. The predicted molar refractivity (Wildman–Crippen MR) is 82.2 cm³/mol. The molecule has 0 fully saturated rings. The van der Waals surface area contributed by atoms with Crippen molar-refractivity contribution in [1.82, 2.24) is 5.32 Å². The van der Waals surface area contributed by atoms with Gasteiger partial charge in [0.25, 0.3) is 0 Å². The summed E-state index contributed by atoms with van der Waals surface area (Å²) in [5, 5.41) is 4.84. The molecule has 0 unspecified atom stereocenters. The summed E-state index contributed by atoms with van der Waals surface area (Å²) in [5.74, 6) is 0.102. The standard InChI is InChI=1S/C16H17F2NO2S/c17-16(18)21-13-8-6-12(7-9-13)11-19-15(20)5-1-3-14-4-2-10-22-14/h2,4,6-10,16H,1,3,5,11H2,(H,19,20). The van der Waals surface area contributed by atoms with Crippen LogP contribution in [0.1, 0.15) is 23.3 Å². The van der Waals surface area contributed by atoms with Crippen molar-refractivity contribution in [1.29, 1.82) is 0 Å². The summed E-state index contributed by atoms with van der Waals surface area (Å²) >= 11 is 1.69. The summed E-state index contributed by atoms with van der Waals surface area (Å²) in [6.07, 6.45) is 2.20. The monoisotopic (exact) mass is 325 g/mol. The Morgan fingerprint density at radius 1 is 1.23 bits per heavy atom. The van der Waals surface area contributed by atoms with E-state index >= 15 is 0 Å². The van der Waals surface area contributed by atoms with E-state index in [0.717, 1.165) is 18.4 Å². The molecule has 3 nitrogen and oxygen atoms in total. The first-order valence-corrected chi connectivity index (χ1v) is 7.84. The number of amides is 1. The van der Waals surface area contributed by atoms with Crippen molar-refractivity contribution in [2.24, 2.45) is 0 Å². The van der Waals surface area contributed by atoms with E-state index in [1.807, 2.05) is 11.4 Å². The Balaban J connectivity index is 1.67. The number of aryl methyl sites for hydroxylation is 1. The van der Waals surface area contributed by atoms with Crippen molar-refractivity contribution in [3.63, 3.8) is 0 Å². The van der Waals surface area contributed by atoms with E-state index in [1.54, 1.807) is 23.5 Å². The van der Waals surface area contributed by atoms with Gasteiger partial charge < -0.3 is 10.1 Å². The average molecular weight is 325 g/mol. The van der Waals surface area contributed by atoms with Gasteiger partial charge in [0.05, 0.1) is 0 Å².